The van der Waals surface area contributed by atoms with Gasteiger partial charge in [0.2, 0.25) is 5.91 Å². The average molecular weight is 427 g/mol. The zero-order valence-electron chi connectivity index (χ0n) is 17.0. The van der Waals surface area contributed by atoms with Crippen molar-refractivity contribution in [1.29, 1.82) is 0 Å². The Hall–Kier alpha value is -3.55. The van der Waals surface area contributed by atoms with Gasteiger partial charge in [-0.2, -0.15) is 0 Å². The topological polar surface area (TPSA) is 90.0 Å². The highest BCUT2D eigenvalue weighted by Crippen LogP contribution is 2.26. The number of rotatable bonds is 8. The lowest BCUT2D eigenvalue weighted by Gasteiger charge is -2.17. The van der Waals surface area contributed by atoms with Crippen LogP contribution in [0.3, 0.4) is 0 Å². The predicted octanol–water partition coefficient (Wildman–Crippen LogP) is 3.17. The quantitative estimate of drug-likeness (QED) is 0.475. The zero-order valence-corrected chi connectivity index (χ0v) is 17.0. The lowest BCUT2D eigenvalue weighted by Crippen LogP contribution is -2.27. The fraction of sp³-hybridized carbons (Fsp3) is 0.304. The second-order valence-electron chi connectivity index (χ2n) is 7.13. The summed E-state index contributed by atoms with van der Waals surface area (Å²) in [6.07, 6.45) is 0.683. The van der Waals surface area contributed by atoms with Crippen LogP contribution < -0.4 is 4.90 Å². The summed E-state index contributed by atoms with van der Waals surface area (Å²) in [5.41, 5.74) is 1.16. The van der Waals surface area contributed by atoms with Crippen molar-refractivity contribution < 1.29 is 33.0 Å². The fourth-order valence-electron chi connectivity index (χ4n) is 3.14. The van der Waals surface area contributed by atoms with Gasteiger partial charge >= 0.3 is 11.9 Å². The van der Waals surface area contributed by atoms with E-state index in [4.69, 9.17) is 9.47 Å². The highest BCUT2D eigenvalue weighted by molar-refractivity contribution is 6.01. The van der Waals surface area contributed by atoms with Gasteiger partial charge < -0.3 is 14.4 Å². The Kier molecular flexibility index (Phi) is 7.12. The molecule has 1 aliphatic heterocycles. The normalized spacial score (nSPS) is 15.6. The highest BCUT2D eigenvalue weighted by Gasteiger charge is 2.36. The van der Waals surface area contributed by atoms with Crippen molar-refractivity contribution in [3.63, 3.8) is 0 Å². The first-order valence-corrected chi connectivity index (χ1v) is 9.92. The Morgan fingerprint density at radius 1 is 1.00 bits per heavy atom. The third kappa shape index (κ3) is 5.53. The SMILES string of the molecule is CCCOC(=O)c1ccc(N2C[C@H](C(=O)OCC(=O)c3ccc(F)cc3)CC2=O)cc1. The molecule has 0 bridgehead atoms. The van der Waals surface area contributed by atoms with Gasteiger partial charge in [-0.05, 0) is 55.0 Å². The molecule has 1 atom stereocenters. The van der Waals surface area contributed by atoms with E-state index in [1.165, 1.54) is 17.0 Å². The second kappa shape index (κ2) is 9.97. The Morgan fingerprint density at radius 3 is 2.29 bits per heavy atom. The summed E-state index contributed by atoms with van der Waals surface area (Å²) in [7, 11) is 0. The van der Waals surface area contributed by atoms with Crippen LogP contribution >= 0.6 is 0 Å². The number of Topliss-reactive ketones (excluding diaryl/α,β-unsaturated/α-hetero) is 1. The van der Waals surface area contributed by atoms with Crippen LogP contribution in [-0.4, -0.2) is 43.4 Å². The lowest BCUT2D eigenvalue weighted by atomic mass is 10.1. The molecule has 2 aromatic carbocycles. The molecule has 7 nitrogen and oxygen atoms in total. The van der Waals surface area contributed by atoms with Crippen molar-refractivity contribution >= 4 is 29.3 Å². The van der Waals surface area contributed by atoms with Crippen molar-refractivity contribution in [3.8, 4) is 0 Å². The number of anilines is 1. The van der Waals surface area contributed by atoms with E-state index in [0.29, 0.717) is 17.9 Å². The fourth-order valence-corrected chi connectivity index (χ4v) is 3.14. The maximum absolute atomic E-state index is 12.9. The van der Waals surface area contributed by atoms with Gasteiger partial charge in [-0.15, -0.1) is 0 Å². The number of nitrogens with zero attached hydrogens (tertiary/aromatic N) is 1. The van der Waals surface area contributed by atoms with Crippen molar-refractivity contribution in [1.82, 2.24) is 0 Å². The van der Waals surface area contributed by atoms with E-state index in [1.807, 2.05) is 6.92 Å². The molecular formula is C23H22FNO6. The molecule has 0 N–H and O–H groups in total. The zero-order chi connectivity index (χ0) is 22.4. The van der Waals surface area contributed by atoms with Crippen LogP contribution in [-0.2, 0) is 19.1 Å². The first-order valence-electron chi connectivity index (χ1n) is 9.92. The molecule has 3 rings (SSSR count). The molecule has 8 heteroatoms. The van der Waals surface area contributed by atoms with Gasteiger partial charge in [-0.25, -0.2) is 9.18 Å². The van der Waals surface area contributed by atoms with Crippen molar-refractivity contribution in [2.24, 2.45) is 5.92 Å². The molecule has 1 saturated heterocycles. The third-order valence-electron chi connectivity index (χ3n) is 4.82. The monoisotopic (exact) mass is 427 g/mol. The largest absolute Gasteiger partial charge is 0.462 e. The molecule has 0 aromatic heterocycles. The minimum absolute atomic E-state index is 0.0378. The summed E-state index contributed by atoms with van der Waals surface area (Å²) in [6.45, 7) is 1.86. The highest BCUT2D eigenvalue weighted by atomic mass is 19.1. The van der Waals surface area contributed by atoms with Crippen LogP contribution in [0.4, 0.5) is 10.1 Å². The van der Waals surface area contributed by atoms with Crippen LogP contribution in [0.2, 0.25) is 0 Å². The van der Waals surface area contributed by atoms with Gasteiger partial charge in [0.05, 0.1) is 18.1 Å². The van der Waals surface area contributed by atoms with E-state index in [9.17, 15) is 23.6 Å². The molecule has 0 aliphatic carbocycles. The van der Waals surface area contributed by atoms with Gasteiger partial charge in [0.25, 0.3) is 0 Å². The van der Waals surface area contributed by atoms with Crippen LogP contribution in [0.15, 0.2) is 48.5 Å². The van der Waals surface area contributed by atoms with E-state index >= 15 is 0 Å². The molecule has 162 valence electrons. The number of amides is 1. The maximum atomic E-state index is 12.9. The van der Waals surface area contributed by atoms with Gasteiger partial charge in [0.1, 0.15) is 5.82 Å². The number of benzene rings is 2. The number of hydrogen-bond donors (Lipinski definition) is 0. The molecule has 1 fully saturated rings. The average Bonchev–Trinajstić information content (AvgIpc) is 3.17. The van der Waals surface area contributed by atoms with Crippen molar-refractivity contribution in [2.75, 3.05) is 24.7 Å². The number of hydrogen-bond acceptors (Lipinski definition) is 6. The predicted molar refractivity (Wildman–Crippen MR) is 109 cm³/mol. The minimum atomic E-state index is -0.706. The number of carbonyl (C=O) groups excluding carboxylic acids is 4. The molecule has 1 aliphatic rings. The smallest absolute Gasteiger partial charge is 0.338 e. The van der Waals surface area contributed by atoms with E-state index in [2.05, 4.69) is 0 Å². The molecule has 2 aromatic rings. The lowest BCUT2D eigenvalue weighted by molar-refractivity contribution is -0.147. The number of ether oxygens (including phenoxy) is 2. The van der Waals surface area contributed by atoms with Crippen LogP contribution in [0, 0.1) is 11.7 Å². The molecule has 0 radical (unpaired) electrons. The van der Waals surface area contributed by atoms with E-state index in [1.54, 1.807) is 24.3 Å². The molecule has 31 heavy (non-hydrogen) atoms. The molecule has 0 saturated carbocycles. The standard InChI is InChI=1S/C23H22FNO6/c1-2-11-30-22(28)16-5-9-19(10-6-16)25-13-17(12-21(25)27)23(29)31-14-20(26)15-3-7-18(24)8-4-15/h3-10,17H,2,11-14H2,1H3/t17-/m1/s1. The van der Waals surface area contributed by atoms with Crippen LogP contribution in [0.5, 0.6) is 0 Å². The summed E-state index contributed by atoms with van der Waals surface area (Å²) < 4.78 is 23.1. The molecule has 1 amide bonds. The summed E-state index contributed by atoms with van der Waals surface area (Å²) >= 11 is 0. The van der Waals surface area contributed by atoms with E-state index in [0.717, 1.165) is 18.6 Å². The summed E-state index contributed by atoms with van der Waals surface area (Å²) in [5.74, 6) is -2.97. The molecule has 0 unspecified atom stereocenters. The van der Waals surface area contributed by atoms with Crippen LogP contribution in [0.25, 0.3) is 0 Å². The maximum Gasteiger partial charge on any atom is 0.338 e. The number of carbonyl (C=O) groups is 4. The molecular weight excluding hydrogens is 405 g/mol. The number of ketones is 1. The third-order valence-corrected chi connectivity index (χ3v) is 4.82. The Morgan fingerprint density at radius 2 is 1.65 bits per heavy atom. The second-order valence-corrected chi connectivity index (χ2v) is 7.13. The van der Waals surface area contributed by atoms with Crippen molar-refractivity contribution in [3.05, 3.63) is 65.5 Å². The summed E-state index contributed by atoms with van der Waals surface area (Å²) in [5, 5.41) is 0. The molecule has 1 heterocycles. The number of esters is 2. The number of halogens is 1. The van der Waals surface area contributed by atoms with Gasteiger partial charge in [0.15, 0.2) is 12.4 Å². The summed E-state index contributed by atoms with van der Waals surface area (Å²) in [4.78, 5) is 50.1. The summed E-state index contributed by atoms with van der Waals surface area (Å²) in [6, 6.07) is 11.3. The molecule has 0 spiro atoms. The minimum Gasteiger partial charge on any atom is -0.462 e. The van der Waals surface area contributed by atoms with Gasteiger partial charge in [-0.1, -0.05) is 6.92 Å². The van der Waals surface area contributed by atoms with Crippen molar-refractivity contribution in [2.45, 2.75) is 19.8 Å². The first-order chi connectivity index (χ1) is 14.9. The Bertz CT molecular complexity index is 971. The van der Waals surface area contributed by atoms with E-state index < -0.39 is 36.1 Å². The van der Waals surface area contributed by atoms with Gasteiger partial charge in [0, 0.05) is 24.2 Å². The first kappa shape index (κ1) is 22.1. The van der Waals surface area contributed by atoms with Gasteiger partial charge in [-0.3, -0.25) is 14.4 Å². The Balaban J connectivity index is 1.55. The van der Waals surface area contributed by atoms with Crippen LogP contribution in [0.1, 0.15) is 40.5 Å². The Labute approximate surface area is 178 Å². The van der Waals surface area contributed by atoms with E-state index in [-0.39, 0.29) is 24.4 Å².